The van der Waals surface area contributed by atoms with E-state index in [1.165, 1.54) is 17.4 Å². The molecule has 0 aliphatic carbocycles. The Morgan fingerprint density at radius 3 is 3.00 bits per heavy atom. The van der Waals surface area contributed by atoms with E-state index in [0.717, 1.165) is 10.4 Å². The van der Waals surface area contributed by atoms with E-state index in [1.54, 1.807) is 30.8 Å². The summed E-state index contributed by atoms with van der Waals surface area (Å²) in [4.78, 5) is 16.8. The summed E-state index contributed by atoms with van der Waals surface area (Å²) in [6.45, 7) is 2.27. The van der Waals surface area contributed by atoms with Crippen LogP contribution in [0.15, 0.2) is 29.9 Å². The third-order valence-corrected chi connectivity index (χ3v) is 3.14. The largest absolute Gasteiger partial charge is 0.508 e. The van der Waals surface area contributed by atoms with Gasteiger partial charge in [0.05, 0.1) is 12.1 Å². The third kappa shape index (κ3) is 2.82. The van der Waals surface area contributed by atoms with Gasteiger partial charge >= 0.3 is 0 Å². The monoisotopic (exact) mass is 248 g/mol. The van der Waals surface area contributed by atoms with Crippen LogP contribution in [-0.4, -0.2) is 16.0 Å². The molecule has 0 atom stereocenters. The van der Waals surface area contributed by atoms with Crippen LogP contribution in [0.25, 0.3) is 0 Å². The van der Waals surface area contributed by atoms with E-state index >= 15 is 0 Å². The van der Waals surface area contributed by atoms with Crippen molar-refractivity contribution in [1.29, 1.82) is 0 Å². The fraction of sp³-hybridized carbons (Fsp3) is 0.167. The minimum atomic E-state index is -0.143. The molecule has 0 fully saturated rings. The van der Waals surface area contributed by atoms with Gasteiger partial charge in [-0.05, 0) is 30.7 Å². The van der Waals surface area contributed by atoms with Gasteiger partial charge in [0.1, 0.15) is 5.75 Å². The number of phenolic OH excluding ortho intramolecular Hbond substituents is 1. The fourth-order valence-electron chi connectivity index (χ4n) is 1.49. The van der Waals surface area contributed by atoms with Gasteiger partial charge in [0.15, 0.2) is 0 Å². The van der Waals surface area contributed by atoms with Crippen molar-refractivity contribution < 1.29 is 9.90 Å². The molecule has 0 aliphatic heterocycles. The third-order valence-electron chi connectivity index (χ3n) is 2.36. The van der Waals surface area contributed by atoms with Crippen LogP contribution in [0.2, 0.25) is 0 Å². The molecular formula is C12H12N2O2S. The number of amides is 1. The molecular weight excluding hydrogens is 236 g/mol. The molecule has 0 bridgehead atoms. The number of aryl methyl sites for hydroxylation is 1. The van der Waals surface area contributed by atoms with Gasteiger partial charge in [-0.2, -0.15) is 0 Å². The van der Waals surface area contributed by atoms with Gasteiger partial charge in [-0.3, -0.25) is 9.78 Å². The average molecular weight is 248 g/mol. The van der Waals surface area contributed by atoms with E-state index in [1.807, 2.05) is 0 Å². The molecule has 0 saturated heterocycles. The second-order valence-corrected chi connectivity index (χ2v) is 4.62. The number of carbonyl (C=O) groups excluding carboxylic acids is 1. The summed E-state index contributed by atoms with van der Waals surface area (Å²) in [6, 6.07) is 4.70. The van der Waals surface area contributed by atoms with Gasteiger partial charge in [0.25, 0.3) is 5.91 Å². The highest BCUT2D eigenvalue weighted by Crippen LogP contribution is 2.15. The number of carbonyl (C=O) groups is 1. The van der Waals surface area contributed by atoms with E-state index < -0.39 is 0 Å². The Bertz CT molecular complexity index is 523. The highest BCUT2D eigenvalue weighted by molar-refractivity contribution is 7.09. The zero-order valence-electron chi connectivity index (χ0n) is 9.30. The average Bonchev–Trinajstić information content (AvgIpc) is 2.78. The Kier molecular flexibility index (Phi) is 3.39. The predicted molar refractivity (Wildman–Crippen MR) is 66.1 cm³/mol. The van der Waals surface area contributed by atoms with E-state index in [4.69, 9.17) is 0 Å². The molecule has 2 N–H and O–H groups in total. The van der Waals surface area contributed by atoms with E-state index in [2.05, 4.69) is 10.3 Å². The summed E-state index contributed by atoms with van der Waals surface area (Å²) >= 11 is 1.50. The van der Waals surface area contributed by atoms with Crippen molar-refractivity contribution in [2.45, 2.75) is 13.5 Å². The summed E-state index contributed by atoms with van der Waals surface area (Å²) in [6.07, 6.45) is 1.73. The lowest BCUT2D eigenvalue weighted by atomic mass is 10.1. The van der Waals surface area contributed by atoms with Crippen LogP contribution in [0.5, 0.6) is 5.75 Å². The van der Waals surface area contributed by atoms with Crippen LogP contribution in [0, 0.1) is 6.92 Å². The number of phenols is 1. The van der Waals surface area contributed by atoms with Crippen molar-refractivity contribution in [1.82, 2.24) is 10.3 Å². The van der Waals surface area contributed by atoms with Crippen LogP contribution in [0.1, 0.15) is 20.8 Å². The van der Waals surface area contributed by atoms with Gasteiger partial charge in [-0.1, -0.05) is 0 Å². The molecule has 5 heteroatoms. The van der Waals surface area contributed by atoms with Gasteiger partial charge in [-0.25, -0.2) is 0 Å². The molecule has 2 aromatic rings. The van der Waals surface area contributed by atoms with E-state index in [-0.39, 0.29) is 11.7 Å². The number of rotatable bonds is 3. The molecule has 1 heterocycles. The minimum Gasteiger partial charge on any atom is -0.508 e. The number of thiazole rings is 1. The smallest absolute Gasteiger partial charge is 0.251 e. The lowest BCUT2D eigenvalue weighted by Gasteiger charge is -2.06. The maximum atomic E-state index is 11.9. The molecule has 0 unspecified atom stereocenters. The Hall–Kier alpha value is -1.88. The Labute approximate surface area is 103 Å². The van der Waals surface area contributed by atoms with Gasteiger partial charge < -0.3 is 10.4 Å². The van der Waals surface area contributed by atoms with E-state index in [9.17, 15) is 9.90 Å². The van der Waals surface area contributed by atoms with Crippen LogP contribution in [0.3, 0.4) is 0 Å². The summed E-state index contributed by atoms with van der Waals surface area (Å²) in [7, 11) is 0. The lowest BCUT2D eigenvalue weighted by molar-refractivity contribution is 0.0950. The number of hydrogen-bond donors (Lipinski definition) is 2. The summed E-state index contributed by atoms with van der Waals surface area (Å²) in [5.41, 5.74) is 3.06. The minimum absolute atomic E-state index is 0.143. The van der Waals surface area contributed by atoms with Crippen molar-refractivity contribution in [2.24, 2.45) is 0 Å². The Balaban J connectivity index is 2.04. The maximum Gasteiger partial charge on any atom is 0.251 e. The number of nitrogens with zero attached hydrogens (tertiary/aromatic N) is 1. The highest BCUT2D eigenvalue weighted by Gasteiger charge is 2.09. The van der Waals surface area contributed by atoms with Crippen LogP contribution >= 0.6 is 11.3 Å². The van der Waals surface area contributed by atoms with Crippen molar-refractivity contribution in [3.63, 3.8) is 0 Å². The van der Waals surface area contributed by atoms with Gasteiger partial charge in [-0.15, -0.1) is 11.3 Å². The fourth-order valence-corrected chi connectivity index (χ4v) is 2.03. The normalized spacial score (nSPS) is 10.2. The van der Waals surface area contributed by atoms with E-state index in [0.29, 0.717) is 12.1 Å². The first-order chi connectivity index (χ1) is 8.16. The SMILES string of the molecule is Cc1cc(O)ccc1C(=O)NCc1cncs1. The Morgan fingerprint density at radius 2 is 2.35 bits per heavy atom. The molecule has 0 aliphatic rings. The molecule has 0 saturated carbocycles. The number of hydrogen-bond acceptors (Lipinski definition) is 4. The van der Waals surface area contributed by atoms with Gasteiger partial charge in [0, 0.05) is 16.6 Å². The maximum absolute atomic E-state index is 11.9. The summed E-state index contributed by atoms with van der Waals surface area (Å²) in [5.74, 6) is 0.0254. The molecule has 1 aromatic heterocycles. The lowest BCUT2D eigenvalue weighted by Crippen LogP contribution is -2.23. The Morgan fingerprint density at radius 1 is 1.53 bits per heavy atom. The number of nitrogens with one attached hydrogen (secondary N) is 1. The number of aromatic hydroxyl groups is 1. The quantitative estimate of drug-likeness (QED) is 0.874. The molecule has 2 rings (SSSR count). The molecule has 1 amide bonds. The molecule has 0 radical (unpaired) electrons. The zero-order valence-corrected chi connectivity index (χ0v) is 10.1. The molecule has 17 heavy (non-hydrogen) atoms. The first-order valence-electron chi connectivity index (χ1n) is 5.12. The first-order valence-corrected chi connectivity index (χ1v) is 6.00. The van der Waals surface area contributed by atoms with Crippen molar-refractivity contribution >= 4 is 17.2 Å². The van der Waals surface area contributed by atoms with Crippen LogP contribution in [0.4, 0.5) is 0 Å². The van der Waals surface area contributed by atoms with Crippen molar-refractivity contribution in [2.75, 3.05) is 0 Å². The topological polar surface area (TPSA) is 62.2 Å². The molecule has 4 nitrogen and oxygen atoms in total. The predicted octanol–water partition coefficient (Wildman–Crippen LogP) is 2.09. The van der Waals surface area contributed by atoms with Crippen molar-refractivity contribution in [3.05, 3.63) is 45.9 Å². The number of benzene rings is 1. The second kappa shape index (κ2) is 4.97. The summed E-state index contributed by atoms with van der Waals surface area (Å²) < 4.78 is 0. The molecule has 1 aromatic carbocycles. The molecule has 0 spiro atoms. The van der Waals surface area contributed by atoms with Crippen LogP contribution < -0.4 is 5.32 Å². The highest BCUT2D eigenvalue weighted by atomic mass is 32.1. The van der Waals surface area contributed by atoms with Crippen molar-refractivity contribution in [3.8, 4) is 5.75 Å². The first kappa shape index (κ1) is 11.6. The van der Waals surface area contributed by atoms with Crippen LogP contribution in [-0.2, 0) is 6.54 Å². The molecule has 88 valence electrons. The standard InChI is InChI=1S/C12H12N2O2S/c1-8-4-9(15)2-3-11(8)12(16)14-6-10-5-13-7-17-10/h2-5,7,15H,6H2,1H3,(H,14,16). The number of aromatic nitrogens is 1. The zero-order chi connectivity index (χ0) is 12.3. The van der Waals surface area contributed by atoms with Gasteiger partial charge in [0.2, 0.25) is 0 Å². The second-order valence-electron chi connectivity index (χ2n) is 3.65. The summed E-state index contributed by atoms with van der Waals surface area (Å²) in [5, 5.41) is 12.1.